The molecule has 0 spiro atoms. The average molecular weight is 2200 g/mol. The van der Waals surface area contributed by atoms with Crippen LogP contribution in [0.4, 0.5) is 0 Å². The highest BCUT2D eigenvalue weighted by atomic mass is 80.9. The van der Waals surface area contributed by atoms with E-state index < -0.39 is 22.8 Å². The van der Waals surface area contributed by atoms with Gasteiger partial charge in [0.1, 0.15) is 108 Å². The average Bonchev–Trinajstić information content (AvgIpc) is 0.757. The number of aliphatic hydroxyl groups is 1. The van der Waals surface area contributed by atoms with Crippen LogP contribution >= 0.6 is 76.0 Å². The van der Waals surface area contributed by atoms with Gasteiger partial charge in [-0.05, 0) is 184 Å². The van der Waals surface area contributed by atoms with E-state index in [1.54, 1.807) is 140 Å². The van der Waals surface area contributed by atoms with Crippen molar-refractivity contribution in [3.63, 3.8) is 0 Å². The third kappa shape index (κ3) is 53.6. The fourth-order valence-corrected chi connectivity index (χ4v) is 11.9. The predicted octanol–water partition coefficient (Wildman–Crippen LogP) is 16.7. The molecule has 0 saturated carbocycles. The van der Waals surface area contributed by atoms with Gasteiger partial charge in [-0.1, -0.05) is 0 Å². The summed E-state index contributed by atoms with van der Waals surface area (Å²) < 4.78 is 116. The second-order valence-corrected chi connectivity index (χ2v) is 27.9. The minimum atomic E-state index is -0.905. The summed E-state index contributed by atoms with van der Waals surface area (Å²) in [4.78, 5) is 60.2. The van der Waals surface area contributed by atoms with Crippen molar-refractivity contribution < 1.29 is 154 Å². The molecule has 0 aliphatic rings. The number of nitrogens with two attached hydrogens (primary N) is 1. The molecule has 742 valence electrons. The highest BCUT2D eigenvalue weighted by molar-refractivity contribution is 9.93. The number of methoxy groups -OCH3 is 18. The molecule has 0 radical (unpaired) electrons. The van der Waals surface area contributed by atoms with Crippen LogP contribution in [0.25, 0.3) is 12.2 Å². The minimum absolute atomic E-state index is 0. The number of benzene rings is 7. The lowest BCUT2D eigenvalue weighted by Crippen LogP contribution is -2.04. The topological polar surface area (TPSA) is 500 Å². The van der Waals surface area contributed by atoms with Crippen LogP contribution in [-0.2, 0) is 97.2 Å². The zero-order valence-electron chi connectivity index (χ0n) is 78.5. The Bertz CT molecular complexity index is 4520. The van der Waals surface area contributed by atoms with Gasteiger partial charge in [0.15, 0.2) is 6.29 Å². The number of nitrogens with zero attached hydrogens (tertiary/aromatic N) is 2. The monoisotopic (exact) mass is 2190 g/mol. The smallest absolute Gasteiger partial charge is 0.307 e. The lowest BCUT2D eigenvalue weighted by Gasteiger charge is -2.13. The Morgan fingerprint density at radius 3 is 0.894 bits per heavy atom. The fourth-order valence-electron chi connectivity index (χ4n) is 10.4. The molecular formula is C89H127Br5N4O34. The standard InChI is InChI=1S/C15H21NO6.C15H23NO4.C13H18O5.C12H17BrO4.C10H11BrO4.C10H13BrO3.C10H12O4.C2H5NO2.C2H4O2.Br2.H3N/c1-11(16(17)18)7-13-9-14(20-3)12(8-15(13)21-4)5-6-22-10-19-2;1-11(16)7-13-9-14(18-3)12(8-15(13)19-4)5-6-20-10-17-2;1-15-9-18-5-4-10-6-13(17-3)11(8-14)7-12(10)16-2;1-14-8-17-5-4-9-6-12(16-3)10(13)7-11(9)15-2;1-14-8-5-7(11)9(15-2)3-6(8)4-10(12)13;1-13-9-6-8(11)10(14-2)5-7(9)3-4-12;1-13-8-3-4-9(14-2)7(5-8)6-10(11)12;1-2-3(4)5;1-2(3)4;1-2;/h7-9H,5-6,10H2,1-4H3;7-9H,5-6,10,16H2,1-4H3;6-8H,4-5,9H2,1-3H3;6-7H,4-5,8H2,1-3H3;3,5H,4H2,1-2H3,(H,12,13);5-6,12H,3-4H2,1-2H3;3-5H,6H2,1-2H3,(H,11,12);2H2,1H3;1H3,(H,3,4);;1H3/b2*11-7+;;;;;;;;;. The van der Waals surface area contributed by atoms with Crippen molar-refractivity contribution in [1.82, 2.24) is 6.15 Å². The lowest BCUT2D eigenvalue weighted by atomic mass is 10.1. The van der Waals surface area contributed by atoms with Crippen molar-refractivity contribution in [1.29, 1.82) is 0 Å². The number of hydrogen-bond donors (Lipinski definition) is 6. The number of ether oxygens (including phenoxy) is 22. The number of carbonyl (C=O) groups excluding carboxylic acids is 1. The first-order valence-corrected chi connectivity index (χ1v) is 44.9. The molecule has 9 N–H and O–H groups in total. The van der Waals surface area contributed by atoms with Crippen molar-refractivity contribution in [2.24, 2.45) is 5.73 Å². The Labute approximate surface area is 812 Å². The van der Waals surface area contributed by atoms with Gasteiger partial charge in [0.05, 0.1) is 163 Å². The maximum atomic E-state index is 10.9. The van der Waals surface area contributed by atoms with Crippen molar-refractivity contribution in [2.45, 2.75) is 72.6 Å². The van der Waals surface area contributed by atoms with E-state index in [2.05, 4.69) is 76.0 Å². The van der Waals surface area contributed by atoms with Gasteiger partial charge in [-0.2, -0.15) is 0 Å². The van der Waals surface area contributed by atoms with E-state index >= 15 is 0 Å². The largest absolute Gasteiger partial charge is 0.497 e. The number of aliphatic hydroxyl groups excluding tert-OH is 1. The molecule has 0 heterocycles. The van der Waals surface area contributed by atoms with Gasteiger partial charge >= 0.3 is 11.9 Å². The molecule has 0 bridgehead atoms. The molecule has 38 nitrogen and oxygen atoms in total. The van der Waals surface area contributed by atoms with Gasteiger partial charge in [0, 0.05) is 151 Å². The van der Waals surface area contributed by atoms with E-state index in [9.17, 15) is 34.6 Å². The lowest BCUT2D eigenvalue weighted by molar-refractivity contribution is -0.475. The maximum absolute atomic E-state index is 10.9. The maximum Gasteiger partial charge on any atom is 0.307 e. The molecule has 0 fully saturated rings. The second kappa shape index (κ2) is 78.4. The minimum Gasteiger partial charge on any atom is -0.497 e. The molecule has 0 aliphatic carbocycles. The van der Waals surface area contributed by atoms with Crippen LogP contribution in [0, 0.1) is 20.2 Å². The first-order valence-electron chi connectivity index (χ1n) is 38.8. The van der Waals surface area contributed by atoms with Gasteiger partial charge in [0.2, 0.25) is 12.2 Å². The van der Waals surface area contributed by atoms with Crippen molar-refractivity contribution >= 4 is 112 Å². The van der Waals surface area contributed by atoms with Gasteiger partial charge in [-0.15, -0.1) is 0 Å². The molecule has 0 aromatic heterocycles. The molecule has 43 heteroatoms. The van der Waals surface area contributed by atoms with Crippen LogP contribution in [0.15, 0.2) is 116 Å². The number of allylic oxidation sites excluding steroid dienone is 2. The summed E-state index contributed by atoms with van der Waals surface area (Å²) in [5.41, 5.74) is 14.4. The number of halogens is 5. The zero-order valence-corrected chi connectivity index (χ0v) is 86.4. The SMILES string of the molecule is BrBr.CC(=O)O.CC[N+](=O)[O-].COCOCCc1cc(OC)c(/C=C(\C)N)cc1OC.COCOCCc1cc(OC)c(/C=C(\C)[N+](=O)[O-])cc1OC.COCOCCc1cc(OC)c(Br)cc1OC.COCOCCc1cc(OC)c(C=O)cc1OC.COc1cc(CC(=O)O)c(OC)cc1Br.COc1cc(CCO)c(OC)cc1Br.COc1ccc(OC)c(CC(=O)O)c1.N. The molecule has 0 saturated heterocycles. The number of hydrogen-bond acceptors (Lipinski definition) is 33. The molecule has 0 aliphatic heterocycles. The summed E-state index contributed by atoms with van der Waals surface area (Å²) in [5, 5.41) is 53.6. The summed E-state index contributed by atoms with van der Waals surface area (Å²) in [6.45, 7) is 9.15. The fraction of sp³-hybridized carbons (Fsp3) is 0.438. The zero-order chi connectivity index (χ0) is 99.9. The number of aliphatic carboxylic acids is 3. The second-order valence-electron chi connectivity index (χ2n) is 25.4. The molecular weight excluding hydrogens is 2070 g/mol. The number of carboxylic acid groups (broad SMARTS) is 3. The summed E-state index contributed by atoms with van der Waals surface area (Å²) in [6, 6.07) is 26.8. The third-order valence-corrected chi connectivity index (χ3v) is 18.3. The number of nitro groups is 2. The van der Waals surface area contributed by atoms with E-state index in [1.807, 2.05) is 49.4 Å². The molecule has 7 rings (SSSR count). The highest BCUT2D eigenvalue weighted by Gasteiger charge is 2.18. The Morgan fingerprint density at radius 1 is 0.379 bits per heavy atom. The first kappa shape index (κ1) is 128. The summed E-state index contributed by atoms with van der Waals surface area (Å²) in [5.74, 6) is 6.70. The van der Waals surface area contributed by atoms with Crippen molar-refractivity contribution in [2.75, 3.05) is 195 Å². The van der Waals surface area contributed by atoms with E-state index in [4.69, 9.17) is 135 Å². The van der Waals surface area contributed by atoms with Gasteiger partial charge in [0.25, 0.3) is 5.97 Å². The Kier molecular flexibility index (Phi) is 76.1. The first-order chi connectivity index (χ1) is 62.6. The van der Waals surface area contributed by atoms with E-state index in [-0.39, 0.29) is 63.1 Å². The van der Waals surface area contributed by atoms with Crippen LogP contribution in [0.5, 0.6) is 80.5 Å². The number of rotatable bonds is 45. The molecule has 0 atom stereocenters. The van der Waals surface area contributed by atoms with Crippen LogP contribution in [0.1, 0.15) is 88.1 Å². The molecule has 132 heavy (non-hydrogen) atoms. The van der Waals surface area contributed by atoms with Crippen LogP contribution in [-0.4, -0.2) is 249 Å². The van der Waals surface area contributed by atoms with Gasteiger partial charge in [-0.25, -0.2) is 0 Å². The van der Waals surface area contributed by atoms with Crippen LogP contribution in [0.2, 0.25) is 0 Å². The quantitative estimate of drug-likeness (QED) is 0.00679. The molecule has 0 unspecified atom stereocenters. The number of aldehydes is 1. The Hall–Kier alpha value is -10.1. The third-order valence-electron chi connectivity index (χ3n) is 16.4. The van der Waals surface area contributed by atoms with Crippen molar-refractivity contribution in [3.8, 4) is 80.5 Å². The number of carboxylic acids is 3. The highest BCUT2D eigenvalue weighted by Crippen LogP contribution is 2.38. The van der Waals surface area contributed by atoms with E-state index in [0.29, 0.717) is 133 Å². The molecule has 0 amide bonds. The summed E-state index contributed by atoms with van der Waals surface area (Å²) >= 11 is 15.6. The van der Waals surface area contributed by atoms with Crippen molar-refractivity contribution in [3.05, 3.63) is 192 Å². The van der Waals surface area contributed by atoms with E-state index in [1.165, 1.54) is 62.6 Å². The normalized spacial score (nSPS) is 10.1. The molecule has 7 aromatic rings. The molecule has 7 aromatic carbocycles. The van der Waals surface area contributed by atoms with Gasteiger partial charge in [-0.3, -0.25) is 39.4 Å². The predicted molar refractivity (Wildman–Crippen MR) is 517 cm³/mol. The Morgan fingerprint density at radius 2 is 0.636 bits per heavy atom. The Balaban J connectivity index is -0.000000712. The summed E-state index contributed by atoms with van der Waals surface area (Å²) in [6.07, 6.45) is 7.18. The van der Waals surface area contributed by atoms with Crippen LogP contribution < -0.4 is 78.2 Å². The summed E-state index contributed by atoms with van der Waals surface area (Å²) in [7, 11) is 28.3. The van der Waals surface area contributed by atoms with Crippen LogP contribution in [0.3, 0.4) is 0 Å². The van der Waals surface area contributed by atoms with E-state index in [0.717, 1.165) is 101 Å². The number of carbonyl (C=O) groups is 4. The van der Waals surface area contributed by atoms with Gasteiger partial charge < -0.3 is 137 Å².